The Morgan fingerprint density at radius 3 is 2.83 bits per heavy atom. The van der Waals surface area contributed by atoms with Gasteiger partial charge in [0.15, 0.2) is 0 Å². The molecule has 100 valence electrons. The van der Waals surface area contributed by atoms with E-state index in [2.05, 4.69) is 15.9 Å². The molecule has 5 heteroatoms. The number of nitrogens with zero attached hydrogens (tertiary/aromatic N) is 1. The van der Waals surface area contributed by atoms with Gasteiger partial charge in [-0.1, -0.05) is 22.0 Å². The Morgan fingerprint density at radius 2 is 2.22 bits per heavy atom. The highest BCUT2D eigenvalue weighted by Crippen LogP contribution is 2.20. The van der Waals surface area contributed by atoms with Gasteiger partial charge in [0.05, 0.1) is 12.0 Å². The maximum Gasteiger partial charge on any atom is 0.253 e. The summed E-state index contributed by atoms with van der Waals surface area (Å²) in [6.07, 6.45) is 0. The molecule has 0 aliphatic carbocycles. The van der Waals surface area contributed by atoms with Crippen LogP contribution in [0.1, 0.15) is 15.9 Å². The Hall–Kier alpha value is -0.580. The van der Waals surface area contributed by atoms with Crippen molar-refractivity contribution >= 4 is 33.4 Å². The third-order valence-corrected chi connectivity index (χ3v) is 3.79. The molecule has 0 radical (unpaired) electrons. The van der Waals surface area contributed by atoms with Crippen molar-refractivity contribution in [1.29, 1.82) is 0 Å². The van der Waals surface area contributed by atoms with Crippen molar-refractivity contribution in [3.05, 3.63) is 33.8 Å². The van der Waals surface area contributed by atoms with Crippen molar-refractivity contribution in [2.24, 2.45) is 0 Å². The molecule has 0 N–H and O–H groups in total. The van der Waals surface area contributed by atoms with Gasteiger partial charge in [0.25, 0.3) is 5.91 Å². The van der Waals surface area contributed by atoms with Crippen molar-refractivity contribution in [2.75, 3.05) is 27.3 Å². The number of carbonyl (C=O) groups is 1. The molecule has 1 aromatic carbocycles. The number of ether oxygens (including phenoxy) is 1. The van der Waals surface area contributed by atoms with E-state index in [1.807, 2.05) is 25.1 Å². The number of amides is 1. The minimum absolute atomic E-state index is 0.0319. The van der Waals surface area contributed by atoms with Crippen LogP contribution in [0, 0.1) is 6.92 Å². The van der Waals surface area contributed by atoms with Crippen LogP contribution in [0.25, 0.3) is 0 Å². The van der Waals surface area contributed by atoms with Crippen LogP contribution in [0.4, 0.5) is 0 Å². The predicted octanol–water partition coefficient (Wildman–Crippen LogP) is 3.08. The largest absolute Gasteiger partial charge is 0.383 e. The number of methoxy groups -OCH3 is 1. The fourth-order valence-electron chi connectivity index (χ4n) is 1.66. The second kappa shape index (κ2) is 7.12. The number of carbonyl (C=O) groups excluding carboxylic acids is 1. The van der Waals surface area contributed by atoms with Gasteiger partial charge in [-0.2, -0.15) is 0 Å². The summed E-state index contributed by atoms with van der Waals surface area (Å²) in [6, 6.07) is 5.59. The van der Waals surface area contributed by atoms with Crippen LogP contribution >= 0.6 is 27.5 Å². The van der Waals surface area contributed by atoms with Gasteiger partial charge in [0, 0.05) is 30.7 Å². The van der Waals surface area contributed by atoms with Gasteiger partial charge in [-0.25, -0.2) is 0 Å². The van der Waals surface area contributed by atoms with Crippen molar-refractivity contribution < 1.29 is 9.53 Å². The highest BCUT2D eigenvalue weighted by atomic mass is 79.9. The summed E-state index contributed by atoms with van der Waals surface area (Å²) in [5.41, 5.74) is 1.63. The van der Waals surface area contributed by atoms with Crippen LogP contribution < -0.4 is 0 Å². The molecule has 1 atom stereocenters. The van der Waals surface area contributed by atoms with Gasteiger partial charge in [-0.3, -0.25) is 4.79 Å². The van der Waals surface area contributed by atoms with E-state index >= 15 is 0 Å². The number of hydrogen-bond donors (Lipinski definition) is 0. The molecule has 0 bridgehead atoms. The number of alkyl halides is 1. The van der Waals surface area contributed by atoms with Crippen LogP contribution in [0.5, 0.6) is 0 Å². The highest BCUT2D eigenvalue weighted by Gasteiger charge is 2.17. The van der Waals surface area contributed by atoms with E-state index < -0.39 is 0 Å². The molecule has 0 saturated carbocycles. The Morgan fingerprint density at radius 1 is 1.56 bits per heavy atom. The summed E-state index contributed by atoms with van der Waals surface area (Å²) in [5.74, 6) is -0.0319. The molecule has 3 nitrogen and oxygen atoms in total. The molecule has 0 aromatic heterocycles. The molecule has 0 aliphatic heterocycles. The van der Waals surface area contributed by atoms with Crippen LogP contribution in [0.2, 0.25) is 0 Å². The standard InChI is InChI=1S/C13H17BrClNO2/c1-9-11(5-4-6-12(9)14)13(17)16(2)7-10(15)8-18-3/h4-6,10H,7-8H2,1-3H3. The fraction of sp³-hybridized carbons (Fsp3) is 0.462. The second-order valence-electron chi connectivity index (χ2n) is 4.15. The van der Waals surface area contributed by atoms with E-state index in [4.69, 9.17) is 16.3 Å². The van der Waals surface area contributed by atoms with Gasteiger partial charge in [0.1, 0.15) is 0 Å². The maximum absolute atomic E-state index is 12.3. The van der Waals surface area contributed by atoms with Crippen molar-refractivity contribution in [3.63, 3.8) is 0 Å². The topological polar surface area (TPSA) is 29.5 Å². The lowest BCUT2D eigenvalue weighted by atomic mass is 10.1. The quantitative estimate of drug-likeness (QED) is 0.775. The van der Waals surface area contributed by atoms with Gasteiger partial charge in [-0.15, -0.1) is 11.6 Å². The van der Waals surface area contributed by atoms with E-state index in [-0.39, 0.29) is 11.3 Å². The first-order chi connectivity index (χ1) is 8.47. The molecule has 1 amide bonds. The monoisotopic (exact) mass is 333 g/mol. The normalized spacial score (nSPS) is 12.3. The Bertz CT molecular complexity index is 425. The summed E-state index contributed by atoms with van der Waals surface area (Å²) in [5, 5.41) is -0.198. The summed E-state index contributed by atoms with van der Waals surface area (Å²) >= 11 is 9.47. The van der Waals surface area contributed by atoms with Crippen molar-refractivity contribution in [1.82, 2.24) is 4.90 Å². The molecule has 1 aromatic rings. The number of benzene rings is 1. The molecule has 0 fully saturated rings. The fourth-order valence-corrected chi connectivity index (χ4v) is 2.36. The zero-order valence-corrected chi connectivity index (χ0v) is 13.1. The Balaban J connectivity index is 2.77. The molecule has 1 rings (SSSR count). The van der Waals surface area contributed by atoms with E-state index in [0.717, 1.165) is 10.0 Å². The third-order valence-electron chi connectivity index (χ3n) is 2.66. The predicted molar refractivity (Wildman–Crippen MR) is 77.4 cm³/mol. The Labute approximate surface area is 121 Å². The maximum atomic E-state index is 12.3. The van der Waals surface area contributed by atoms with Crippen LogP contribution in [-0.4, -0.2) is 43.5 Å². The first kappa shape index (κ1) is 15.5. The number of hydrogen-bond acceptors (Lipinski definition) is 2. The van der Waals surface area contributed by atoms with E-state index in [9.17, 15) is 4.79 Å². The minimum Gasteiger partial charge on any atom is -0.383 e. The average molecular weight is 335 g/mol. The third kappa shape index (κ3) is 3.97. The lowest BCUT2D eigenvalue weighted by Crippen LogP contribution is -2.34. The molecule has 0 saturated heterocycles. The zero-order chi connectivity index (χ0) is 13.7. The lowest BCUT2D eigenvalue weighted by molar-refractivity contribution is 0.0781. The number of halogens is 2. The lowest BCUT2D eigenvalue weighted by Gasteiger charge is -2.21. The van der Waals surface area contributed by atoms with Gasteiger partial charge in [-0.05, 0) is 24.6 Å². The molecule has 0 spiro atoms. The Kier molecular flexibility index (Phi) is 6.12. The smallest absolute Gasteiger partial charge is 0.253 e. The molecule has 0 heterocycles. The van der Waals surface area contributed by atoms with Crippen LogP contribution in [0.3, 0.4) is 0 Å². The van der Waals surface area contributed by atoms with E-state index in [1.165, 1.54) is 0 Å². The van der Waals surface area contributed by atoms with Crippen LogP contribution in [-0.2, 0) is 4.74 Å². The van der Waals surface area contributed by atoms with Gasteiger partial charge >= 0.3 is 0 Å². The van der Waals surface area contributed by atoms with Crippen molar-refractivity contribution in [3.8, 4) is 0 Å². The molecular weight excluding hydrogens is 318 g/mol. The summed E-state index contributed by atoms with van der Waals surface area (Å²) < 4.78 is 5.89. The number of rotatable bonds is 5. The SMILES string of the molecule is COCC(Cl)CN(C)C(=O)c1cccc(Br)c1C. The summed E-state index contributed by atoms with van der Waals surface area (Å²) in [6.45, 7) is 2.80. The first-order valence-corrected chi connectivity index (χ1v) is 6.84. The summed E-state index contributed by atoms with van der Waals surface area (Å²) in [7, 11) is 3.34. The highest BCUT2D eigenvalue weighted by molar-refractivity contribution is 9.10. The van der Waals surface area contributed by atoms with E-state index in [0.29, 0.717) is 18.7 Å². The van der Waals surface area contributed by atoms with Crippen LogP contribution in [0.15, 0.2) is 22.7 Å². The molecule has 1 unspecified atom stereocenters. The van der Waals surface area contributed by atoms with Gasteiger partial charge < -0.3 is 9.64 Å². The molecule has 18 heavy (non-hydrogen) atoms. The molecular formula is C13H17BrClNO2. The summed E-state index contributed by atoms with van der Waals surface area (Å²) in [4.78, 5) is 13.9. The van der Waals surface area contributed by atoms with Gasteiger partial charge in [0.2, 0.25) is 0 Å². The first-order valence-electron chi connectivity index (χ1n) is 5.61. The van der Waals surface area contributed by atoms with E-state index in [1.54, 1.807) is 19.1 Å². The average Bonchev–Trinajstić information content (AvgIpc) is 2.32. The second-order valence-corrected chi connectivity index (χ2v) is 5.62. The zero-order valence-electron chi connectivity index (χ0n) is 10.7. The van der Waals surface area contributed by atoms with Crippen molar-refractivity contribution in [2.45, 2.75) is 12.3 Å². The molecule has 0 aliphatic rings. The minimum atomic E-state index is -0.198.